The van der Waals surface area contributed by atoms with Gasteiger partial charge < -0.3 is 10.5 Å². The Kier molecular flexibility index (Phi) is 4.56. The van der Waals surface area contributed by atoms with Gasteiger partial charge in [0.1, 0.15) is 23.5 Å². The van der Waals surface area contributed by atoms with Crippen molar-refractivity contribution >= 4 is 11.6 Å². The van der Waals surface area contributed by atoms with E-state index in [-0.39, 0.29) is 11.7 Å². The van der Waals surface area contributed by atoms with Gasteiger partial charge in [-0.05, 0) is 45.0 Å². The van der Waals surface area contributed by atoms with E-state index >= 15 is 0 Å². The molecule has 1 heterocycles. The monoisotopic (exact) mass is 290 g/mol. The van der Waals surface area contributed by atoms with Crippen LogP contribution in [0.2, 0.25) is 0 Å². The summed E-state index contributed by atoms with van der Waals surface area (Å²) in [4.78, 5) is 16.9. The number of rotatable bonds is 3. The molecule has 1 aromatic carbocycles. The largest absolute Gasteiger partial charge is 0.490 e. The summed E-state index contributed by atoms with van der Waals surface area (Å²) in [6.45, 7) is 6.46. The Bertz CT molecular complexity index is 527. The van der Waals surface area contributed by atoms with Crippen molar-refractivity contribution in [2.24, 2.45) is 0 Å². The van der Waals surface area contributed by atoms with Crippen LogP contribution in [0.15, 0.2) is 30.0 Å². The van der Waals surface area contributed by atoms with Crippen molar-refractivity contribution in [1.82, 2.24) is 5.06 Å². The zero-order valence-electron chi connectivity index (χ0n) is 12.8. The number of nitrogen functional groups attached to an aromatic ring is 1. The molecule has 1 aliphatic rings. The topological polar surface area (TPSA) is 64.8 Å². The van der Waals surface area contributed by atoms with Crippen molar-refractivity contribution in [3.8, 4) is 5.75 Å². The Labute approximate surface area is 125 Å². The van der Waals surface area contributed by atoms with Crippen LogP contribution >= 0.6 is 0 Å². The molecular weight excluding hydrogens is 268 g/mol. The Morgan fingerprint density at radius 1 is 1.29 bits per heavy atom. The summed E-state index contributed by atoms with van der Waals surface area (Å²) in [5, 5.41) is 1.63. The maximum absolute atomic E-state index is 11.1. The lowest BCUT2D eigenvalue weighted by atomic mass is 10.1. The van der Waals surface area contributed by atoms with Crippen molar-refractivity contribution in [1.29, 1.82) is 0 Å². The SMILES string of the molecule is CC(C)(C)ON1CCC(Oc2ccc(N)cc2)CC1=C=O. The lowest BCUT2D eigenvalue weighted by Crippen LogP contribution is -2.41. The molecule has 1 fully saturated rings. The number of piperidine rings is 1. The molecule has 21 heavy (non-hydrogen) atoms. The fourth-order valence-corrected chi connectivity index (χ4v) is 2.18. The third-order valence-corrected chi connectivity index (χ3v) is 3.06. The molecule has 1 atom stereocenters. The van der Waals surface area contributed by atoms with Crippen molar-refractivity contribution in [3.63, 3.8) is 0 Å². The Morgan fingerprint density at radius 2 is 1.95 bits per heavy atom. The maximum Gasteiger partial charge on any atom is 0.148 e. The molecule has 0 bridgehead atoms. The smallest absolute Gasteiger partial charge is 0.148 e. The Balaban J connectivity index is 1.98. The van der Waals surface area contributed by atoms with Gasteiger partial charge in [-0.1, -0.05) is 0 Å². The first-order chi connectivity index (χ1) is 9.87. The summed E-state index contributed by atoms with van der Waals surface area (Å²) >= 11 is 0. The lowest BCUT2D eigenvalue weighted by Gasteiger charge is -2.36. The summed E-state index contributed by atoms with van der Waals surface area (Å²) in [5.41, 5.74) is 6.50. The van der Waals surface area contributed by atoms with E-state index in [9.17, 15) is 4.79 Å². The van der Waals surface area contributed by atoms with Crippen LogP contribution in [0.1, 0.15) is 33.6 Å². The van der Waals surface area contributed by atoms with Gasteiger partial charge in [-0.3, -0.25) is 4.84 Å². The molecule has 114 valence electrons. The fraction of sp³-hybridized carbons (Fsp3) is 0.500. The third-order valence-electron chi connectivity index (χ3n) is 3.06. The molecule has 2 N–H and O–H groups in total. The molecule has 1 aliphatic heterocycles. The number of ether oxygens (including phenoxy) is 1. The van der Waals surface area contributed by atoms with Gasteiger partial charge in [0, 0.05) is 25.1 Å². The third kappa shape index (κ3) is 4.52. The number of benzene rings is 1. The quantitative estimate of drug-likeness (QED) is 0.684. The minimum Gasteiger partial charge on any atom is -0.490 e. The maximum atomic E-state index is 11.1. The number of hydrogen-bond acceptors (Lipinski definition) is 5. The van der Waals surface area contributed by atoms with E-state index in [0.717, 1.165) is 12.2 Å². The van der Waals surface area contributed by atoms with Crippen LogP contribution in [0.25, 0.3) is 0 Å². The summed E-state index contributed by atoms with van der Waals surface area (Å²) < 4.78 is 5.88. The van der Waals surface area contributed by atoms with Gasteiger partial charge in [-0.15, -0.1) is 0 Å². The predicted octanol–water partition coefficient (Wildman–Crippen LogP) is 2.56. The second-order valence-corrected chi connectivity index (χ2v) is 6.16. The summed E-state index contributed by atoms with van der Waals surface area (Å²) in [5.74, 6) is 2.72. The van der Waals surface area contributed by atoms with Crippen molar-refractivity contribution in [3.05, 3.63) is 30.0 Å². The average Bonchev–Trinajstić information content (AvgIpc) is 2.41. The summed E-state index contributed by atoms with van der Waals surface area (Å²) in [7, 11) is 0. The first kappa shape index (κ1) is 15.4. The second-order valence-electron chi connectivity index (χ2n) is 6.16. The first-order valence-corrected chi connectivity index (χ1v) is 7.10. The molecule has 1 aromatic rings. The Hall–Kier alpha value is -1.97. The summed E-state index contributed by atoms with van der Waals surface area (Å²) in [6.07, 6.45) is 1.22. The van der Waals surface area contributed by atoms with Crippen LogP contribution in [0, 0.1) is 0 Å². The number of carbonyl (C=O) groups excluding carboxylic acids is 1. The molecule has 5 nitrogen and oxygen atoms in total. The lowest BCUT2D eigenvalue weighted by molar-refractivity contribution is -0.217. The zero-order chi connectivity index (χ0) is 15.5. The van der Waals surface area contributed by atoms with E-state index in [2.05, 4.69) is 0 Å². The van der Waals surface area contributed by atoms with E-state index in [1.54, 1.807) is 17.2 Å². The number of nitrogens with two attached hydrogens (primary N) is 1. The van der Waals surface area contributed by atoms with E-state index in [0.29, 0.717) is 24.4 Å². The van der Waals surface area contributed by atoms with Crippen molar-refractivity contribution in [2.45, 2.75) is 45.3 Å². The molecule has 1 saturated heterocycles. The number of anilines is 1. The predicted molar refractivity (Wildman–Crippen MR) is 81.3 cm³/mol. The highest BCUT2D eigenvalue weighted by molar-refractivity contribution is 5.51. The van der Waals surface area contributed by atoms with Crippen LogP contribution in [-0.2, 0) is 9.63 Å². The van der Waals surface area contributed by atoms with Gasteiger partial charge in [0.2, 0.25) is 0 Å². The Morgan fingerprint density at radius 3 is 2.52 bits per heavy atom. The molecule has 0 radical (unpaired) electrons. The molecular formula is C16H22N2O3. The average molecular weight is 290 g/mol. The molecule has 0 spiro atoms. The first-order valence-electron chi connectivity index (χ1n) is 7.10. The highest BCUT2D eigenvalue weighted by Gasteiger charge is 2.29. The molecule has 0 saturated carbocycles. The van der Waals surface area contributed by atoms with E-state index in [1.165, 1.54) is 0 Å². The highest BCUT2D eigenvalue weighted by Crippen LogP contribution is 2.26. The summed E-state index contributed by atoms with van der Waals surface area (Å²) in [6, 6.07) is 7.25. The number of nitrogens with zero attached hydrogens (tertiary/aromatic N) is 1. The van der Waals surface area contributed by atoms with Crippen molar-refractivity contribution < 1.29 is 14.4 Å². The van der Waals surface area contributed by atoms with Gasteiger partial charge >= 0.3 is 0 Å². The van der Waals surface area contributed by atoms with Crippen LogP contribution < -0.4 is 10.5 Å². The van der Waals surface area contributed by atoms with E-state index in [1.807, 2.05) is 38.8 Å². The zero-order valence-corrected chi connectivity index (χ0v) is 12.8. The molecule has 0 aromatic heterocycles. The van der Waals surface area contributed by atoms with Gasteiger partial charge in [-0.2, -0.15) is 0 Å². The van der Waals surface area contributed by atoms with Gasteiger partial charge in [0.15, 0.2) is 0 Å². The molecule has 0 aliphatic carbocycles. The normalized spacial score (nSPS) is 19.3. The van der Waals surface area contributed by atoms with Gasteiger partial charge in [0.05, 0.1) is 5.60 Å². The minimum absolute atomic E-state index is 0.0510. The van der Waals surface area contributed by atoms with Crippen LogP contribution in [0.3, 0.4) is 0 Å². The van der Waals surface area contributed by atoms with Crippen molar-refractivity contribution in [2.75, 3.05) is 12.3 Å². The van der Waals surface area contributed by atoms with Gasteiger partial charge in [0.25, 0.3) is 0 Å². The highest BCUT2D eigenvalue weighted by atomic mass is 16.7. The minimum atomic E-state index is -0.341. The number of hydrogen-bond donors (Lipinski definition) is 1. The van der Waals surface area contributed by atoms with Crippen LogP contribution in [0.5, 0.6) is 5.75 Å². The van der Waals surface area contributed by atoms with E-state index in [4.69, 9.17) is 15.3 Å². The molecule has 2 rings (SSSR count). The van der Waals surface area contributed by atoms with Crippen LogP contribution in [0.4, 0.5) is 5.69 Å². The molecule has 1 unspecified atom stereocenters. The van der Waals surface area contributed by atoms with Gasteiger partial charge in [-0.25, -0.2) is 9.86 Å². The molecule has 0 amide bonds. The second kappa shape index (κ2) is 6.20. The van der Waals surface area contributed by atoms with E-state index < -0.39 is 0 Å². The fourth-order valence-electron chi connectivity index (χ4n) is 2.18. The van der Waals surface area contributed by atoms with Crippen LogP contribution in [-0.4, -0.2) is 29.3 Å². The number of hydroxylamine groups is 2. The standard InChI is InChI=1S/C16H22N2O3/c1-16(2,3)21-18-9-8-15(10-13(18)11-19)20-14-6-4-12(17)5-7-14/h4-7,15H,8-10,17H2,1-3H3. The molecule has 5 heteroatoms.